The third kappa shape index (κ3) is 4.84. The third-order valence-electron chi connectivity index (χ3n) is 3.04. The second kappa shape index (κ2) is 6.91. The van der Waals surface area contributed by atoms with Gasteiger partial charge in [0.05, 0.1) is 11.4 Å². The van der Waals surface area contributed by atoms with E-state index in [0.29, 0.717) is 18.3 Å². The van der Waals surface area contributed by atoms with E-state index < -0.39 is 10.0 Å². The highest BCUT2D eigenvalue weighted by Gasteiger charge is 2.17. The lowest BCUT2D eigenvalue weighted by Crippen LogP contribution is -2.35. The molecular weight excluding hydrogens is 260 g/mol. The van der Waals surface area contributed by atoms with Crippen molar-refractivity contribution in [1.29, 1.82) is 0 Å². The van der Waals surface area contributed by atoms with Crippen LogP contribution in [0.15, 0.2) is 24.3 Å². The molecule has 1 rings (SSSR count). The first-order chi connectivity index (χ1) is 8.86. The molecule has 0 saturated heterocycles. The molecule has 0 atom stereocenters. The van der Waals surface area contributed by atoms with E-state index in [4.69, 9.17) is 0 Å². The van der Waals surface area contributed by atoms with Gasteiger partial charge in [-0.1, -0.05) is 32.9 Å². The quantitative estimate of drug-likeness (QED) is 0.833. The minimum absolute atomic E-state index is 0.108. The van der Waals surface area contributed by atoms with Gasteiger partial charge in [-0.3, -0.25) is 4.31 Å². The highest BCUT2D eigenvalue weighted by atomic mass is 32.2. The molecule has 1 aromatic rings. The van der Waals surface area contributed by atoms with Crippen LogP contribution < -0.4 is 9.62 Å². The number of hydrogen-bond acceptors (Lipinski definition) is 3. The molecule has 19 heavy (non-hydrogen) atoms. The Morgan fingerprint density at radius 2 is 1.79 bits per heavy atom. The lowest BCUT2D eigenvalue weighted by molar-refractivity contribution is 0.577. The molecule has 0 spiro atoms. The van der Waals surface area contributed by atoms with E-state index in [1.807, 2.05) is 38.1 Å². The van der Waals surface area contributed by atoms with Crippen LogP contribution in [0.3, 0.4) is 0 Å². The monoisotopic (exact) mass is 284 g/mol. The lowest BCUT2D eigenvalue weighted by Gasteiger charge is -2.20. The van der Waals surface area contributed by atoms with Crippen molar-refractivity contribution in [3.8, 4) is 0 Å². The molecule has 4 nitrogen and oxygen atoms in total. The van der Waals surface area contributed by atoms with E-state index in [9.17, 15) is 8.42 Å². The maximum absolute atomic E-state index is 12.2. The van der Waals surface area contributed by atoms with Crippen molar-refractivity contribution in [2.45, 2.75) is 33.2 Å². The van der Waals surface area contributed by atoms with Gasteiger partial charge < -0.3 is 5.32 Å². The van der Waals surface area contributed by atoms with Gasteiger partial charge in [0.15, 0.2) is 0 Å². The van der Waals surface area contributed by atoms with Crippen molar-refractivity contribution in [3.63, 3.8) is 0 Å². The Hall–Kier alpha value is -1.07. The summed E-state index contributed by atoms with van der Waals surface area (Å²) in [5.41, 5.74) is 1.91. The SMILES string of the molecule is CCc1ccc(N(C)S(=O)(=O)CCNC(C)C)cc1. The van der Waals surface area contributed by atoms with E-state index >= 15 is 0 Å². The Morgan fingerprint density at radius 1 is 1.21 bits per heavy atom. The molecule has 0 radical (unpaired) electrons. The van der Waals surface area contributed by atoms with Gasteiger partial charge >= 0.3 is 0 Å². The summed E-state index contributed by atoms with van der Waals surface area (Å²) in [6.07, 6.45) is 0.953. The predicted octanol–water partition coefficient (Wildman–Crippen LogP) is 2.01. The number of aryl methyl sites for hydroxylation is 1. The molecule has 0 saturated carbocycles. The van der Waals surface area contributed by atoms with Crippen molar-refractivity contribution in [2.24, 2.45) is 0 Å². The van der Waals surface area contributed by atoms with Crippen molar-refractivity contribution in [3.05, 3.63) is 29.8 Å². The average Bonchev–Trinajstić information content (AvgIpc) is 2.37. The lowest BCUT2D eigenvalue weighted by atomic mass is 10.1. The number of nitrogens with zero attached hydrogens (tertiary/aromatic N) is 1. The summed E-state index contributed by atoms with van der Waals surface area (Å²) in [4.78, 5) is 0. The van der Waals surface area contributed by atoms with Gasteiger partial charge in [0.25, 0.3) is 0 Å². The Bertz CT molecular complexity index is 481. The summed E-state index contributed by atoms with van der Waals surface area (Å²) in [6, 6.07) is 7.93. The summed E-state index contributed by atoms with van der Waals surface area (Å²) in [5, 5.41) is 3.12. The van der Waals surface area contributed by atoms with Crippen LogP contribution in [0.2, 0.25) is 0 Å². The molecule has 0 aliphatic rings. The zero-order valence-corrected chi connectivity index (χ0v) is 13.0. The first-order valence-electron chi connectivity index (χ1n) is 6.65. The second-order valence-electron chi connectivity index (χ2n) is 4.91. The Labute approximate surface area is 116 Å². The maximum atomic E-state index is 12.2. The van der Waals surface area contributed by atoms with E-state index in [-0.39, 0.29) is 5.75 Å². The van der Waals surface area contributed by atoms with Gasteiger partial charge in [-0.25, -0.2) is 8.42 Å². The fourth-order valence-electron chi connectivity index (χ4n) is 1.72. The summed E-state index contributed by atoms with van der Waals surface area (Å²) >= 11 is 0. The van der Waals surface area contributed by atoms with Crippen molar-refractivity contribution < 1.29 is 8.42 Å². The molecule has 0 fully saturated rings. The highest BCUT2D eigenvalue weighted by Crippen LogP contribution is 2.17. The summed E-state index contributed by atoms with van der Waals surface area (Å²) in [6.45, 7) is 6.55. The molecule has 0 aliphatic heterocycles. The van der Waals surface area contributed by atoms with E-state index in [1.54, 1.807) is 7.05 Å². The van der Waals surface area contributed by atoms with Crippen molar-refractivity contribution in [2.75, 3.05) is 23.7 Å². The molecule has 0 aromatic heterocycles. The molecule has 1 aromatic carbocycles. The van der Waals surface area contributed by atoms with Crippen LogP contribution in [0, 0.1) is 0 Å². The normalized spacial score (nSPS) is 11.8. The molecule has 108 valence electrons. The standard InChI is InChI=1S/C14H24N2O2S/c1-5-13-6-8-14(9-7-13)16(4)19(17,18)11-10-15-12(2)3/h6-9,12,15H,5,10-11H2,1-4H3. The molecule has 1 N–H and O–H groups in total. The fraction of sp³-hybridized carbons (Fsp3) is 0.571. The largest absolute Gasteiger partial charge is 0.313 e. The highest BCUT2D eigenvalue weighted by molar-refractivity contribution is 7.92. The van der Waals surface area contributed by atoms with Gasteiger partial charge in [0.1, 0.15) is 0 Å². The first-order valence-corrected chi connectivity index (χ1v) is 8.26. The summed E-state index contributed by atoms with van der Waals surface area (Å²) in [5.74, 6) is 0.108. The van der Waals surface area contributed by atoms with Crippen LogP contribution in [0.5, 0.6) is 0 Å². The molecule has 0 amide bonds. The van der Waals surface area contributed by atoms with Crippen LogP contribution in [0.4, 0.5) is 5.69 Å². The van der Waals surface area contributed by atoms with Crippen LogP contribution in [-0.2, 0) is 16.4 Å². The average molecular weight is 284 g/mol. The molecule has 0 heterocycles. The van der Waals surface area contributed by atoms with E-state index in [1.165, 1.54) is 9.87 Å². The molecule has 0 unspecified atom stereocenters. The smallest absolute Gasteiger partial charge is 0.236 e. The first kappa shape index (κ1) is 16.0. The molecule has 5 heteroatoms. The van der Waals surface area contributed by atoms with Crippen LogP contribution in [0.25, 0.3) is 0 Å². The van der Waals surface area contributed by atoms with Crippen LogP contribution >= 0.6 is 0 Å². The third-order valence-corrected chi connectivity index (χ3v) is 4.80. The Balaban J connectivity index is 2.71. The predicted molar refractivity (Wildman–Crippen MR) is 81.1 cm³/mol. The zero-order valence-electron chi connectivity index (χ0n) is 12.2. The van der Waals surface area contributed by atoms with Gasteiger partial charge in [-0.2, -0.15) is 0 Å². The Kier molecular flexibility index (Phi) is 5.82. The fourth-order valence-corrected chi connectivity index (χ4v) is 2.81. The summed E-state index contributed by atoms with van der Waals surface area (Å²) < 4.78 is 25.7. The van der Waals surface area contributed by atoms with Crippen LogP contribution in [0.1, 0.15) is 26.3 Å². The number of rotatable bonds is 7. The second-order valence-corrected chi connectivity index (χ2v) is 7.03. The molecule has 0 aliphatic carbocycles. The number of nitrogens with one attached hydrogen (secondary N) is 1. The minimum Gasteiger partial charge on any atom is -0.313 e. The molecule has 0 bridgehead atoms. The number of benzene rings is 1. The minimum atomic E-state index is -3.26. The van der Waals surface area contributed by atoms with E-state index in [0.717, 1.165) is 6.42 Å². The van der Waals surface area contributed by atoms with Gasteiger partial charge in [0.2, 0.25) is 10.0 Å². The van der Waals surface area contributed by atoms with Crippen LogP contribution in [-0.4, -0.2) is 33.8 Å². The molecular formula is C14H24N2O2S. The maximum Gasteiger partial charge on any atom is 0.236 e. The van der Waals surface area contributed by atoms with Gasteiger partial charge in [-0.15, -0.1) is 0 Å². The van der Waals surface area contributed by atoms with Crippen molar-refractivity contribution >= 4 is 15.7 Å². The number of sulfonamides is 1. The zero-order chi connectivity index (χ0) is 14.5. The Morgan fingerprint density at radius 3 is 2.26 bits per heavy atom. The van der Waals surface area contributed by atoms with Gasteiger partial charge in [-0.05, 0) is 24.1 Å². The number of anilines is 1. The summed E-state index contributed by atoms with van der Waals surface area (Å²) in [7, 11) is -1.65. The van der Waals surface area contributed by atoms with E-state index in [2.05, 4.69) is 12.2 Å². The van der Waals surface area contributed by atoms with Crippen molar-refractivity contribution in [1.82, 2.24) is 5.32 Å². The van der Waals surface area contributed by atoms with Gasteiger partial charge in [0, 0.05) is 19.6 Å². The number of hydrogen-bond donors (Lipinski definition) is 1. The topological polar surface area (TPSA) is 49.4 Å².